The first-order chi connectivity index (χ1) is 14.7. The lowest BCUT2D eigenvalue weighted by Gasteiger charge is -2.09. The van der Waals surface area contributed by atoms with Crippen molar-refractivity contribution in [2.75, 3.05) is 17.7 Å². The predicted molar refractivity (Wildman–Crippen MR) is 120 cm³/mol. The Morgan fingerprint density at radius 1 is 1.27 bits per heavy atom. The van der Waals surface area contributed by atoms with E-state index in [4.69, 9.17) is 10.00 Å². The van der Waals surface area contributed by atoms with Crippen molar-refractivity contribution in [3.05, 3.63) is 41.3 Å². The number of aromatic nitrogens is 3. The number of amides is 1. The van der Waals surface area contributed by atoms with Gasteiger partial charge in [0, 0.05) is 12.1 Å². The van der Waals surface area contributed by atoms with Crippen molar-refractivity contribution in [1.82, 2.24) is 14.8 Å². The zero-order valence-corrected chi connectivity index (χ0v) is 18.6. The number of ether oxygens (including phenoxy) is 1. The lowest BCUT2D eigenvalue weighted by Crippen LogP contribution is -2.14. The fourth-order valence-corrected chi connectivity index (χ4v) is 4.27. The monoisotopic (exact) mass is 441 g/mol. The molecule has 0 spiro atoms. The van der Waals surface area contributed by atoms with Crippen LogP contribution in [0.2, 0.25) is 0 Å². The average molecular weight is 442 g/mol. The van der Waals surface area contributed by atoms with E-state index in [1.165, 1.54) is 23.1 Å². The molecular weight excluding hydrogens is 418 g/mol. The highest BCUT2D eigenvalue weighted by atomic mass is 32.2. The van der Waals surface area contributed by atoms with Gasteiger partial charge in [-0.15, -0.1) is 21.5 Å². The summed E-state index contributed by atoms with van der Waals surface area (Å²) in [5.41, 5.74) is 1.42. The topological polar surface area (TPSA) is 92.8 Å². The van der Waals surface area contributed by atoms with Crippen LogP contribution in [0.25, 0.3) is 11.4 Å². The van der Waals surface area contributed by atoms with Gasteiger partial charge in [-0.3, -0.25) is 4.79 Å². The molecule has 0 radical (unpaired) electrons. The summed E-state index contributed by atoms with van der Waals surface area (Å²) in [6.07, 6.45) is 2.13. The van der Waals surface area contributed by atoms with Crippen LogP contribution in [0.5, 0.6) is 5.75 Å². The van der Waals surface area contributed by atoms with Crippen molar-refractivity contribution in [2.45, 2.75) is 38.4 Å². The summed E-state index contributed by atoms with van der Waals surface area (Å²) in [6, 6.07) is 11.6. The van der Waals surface area contributed by atoms with E-state index in [0.717, 1.165) is 30.0 Å². The Kier molecular flexibility index (Phi) is 7.88. The molecule has 0 aliphatic heterocycles. The van der Waals surface area contributed by atoms with Crippen LogP contribution in [0.1, 0.15) is 32.3 Å². The van der Waals surface area contributed by atoms with Crippen LogP contribution in [-0.4, -0.2) is 33.0 Å². The maximum Gasteiger partial charge on any atom is 0.235 e. The van der Waals surface area contributed by atoms with Gasteiger partial charge in [-0.25, -0.2) is 0 Å². The van der Waals surface area contributed by atoms with Crippen LogP contribution in [-0.2, 0) is 11.3 Å². The second kappa shape index (κ2) is 10.8. The lowest BCUT2D eigenvalue weighted by atomic mass is 10.2. The van der Waals surface area contributed by atoms with E-state index >= 15 is 0 Å². The number of nitrogens with one attached hydrogen (secondary N) is 1. The molecule has 0 bridgehead atoms. The van der Waals surface area contributed by atoms with Crippen LogP contribution in [0.4, 0.5) is 5.00 Å². The third kappa shape index (κ3) is 5.40. The van der Waals surface area contributed by atoms with E-state index < -0.39 is 0 Å². The summed E-state index contributed by atoms with van der Waals surface area (Å²) in [4.78, 5) is 12.3. The van der Waals surface area contributed by atoms with Gasteiger partial charge in [-0.05, 0) is 49.1 Å². The van der Waals surface area contributed by atoms with E-state index in [0.29, 0.717) is 28.9 Å². The highest BCUT2D eigenvalue weighted by Crippen LogP contribution is 2.27. The summed E-state index contributed by atoms with van der Waals surface area (Å²) in [7, 11) is 0. The number of nitrogens with zero attached hydrogens (tertiary/aromatic N) is 4. The first kappa shape index (κ1) is 21.9. The molecule has 1 aromatic carbocycles. The number of thiophene rings is 1. The van der Waals surface area contributed by atoms with Gasteiger partial charge in [0.2, 0.25) is 5.91 Å². The van der Waals surface area contributed by atoms with E-state index in [2.05, 4.69) is 28.5 Å². The Morgan fingerprint density at radius 2 is 2.07 bits per heavy atom. The Morgan fingerprint density at radius 3 is 2.77 bits per heavy atom. The number of carbonyl (C=O) groups excluding carboxylic acids is 1. The molecule has 0 aliphatic carbocycles. The molecule has 1 amide bonds. The second-order valence-electron chi connectivity index (χ2n) is 6.39. The molecule has 0 aliphatic rings. The molecule has 9 heteroatoms. The van der Waals surface area contributed by atoms with Crippen LogP contribution in [0, 0.1) is 11.3 Å². The second-order valence-corrected chi connectivity index (χ2v) is 8.25. The Bertz CT molecular complexity index is 1020. The first-order valence-electron chi connectivity index (χ1n) is 9.72. The molecule has 30 heavy (non-hydrogen) atoms. The number of unbranched alkanes of at least 4 members (excludes halogenated alkanes) is 1. The predicted octanol–water partition coefficient (Wildman–Crippen LogP) is 4.81. The molecule has 0 unspecified atom stereocenters. The molecular formula is C21H23N5O2S2. The minimum Gasteiger partial charge on any atom is -0.494 e. The van der Waals surface area contributed by atoms with E-state index in [1.807, 2.05) is 35.8 Å². The van der Waals surface area contributed by atoms with Gasteiger partial charge in [-0.1, -0.05) is 25.1 Å². The minimum absolute atomic E-state index is 0.181. The number of hydrogen-bond acceptors (Lipinski definition) is 7. The van der Waals surface area contributed by atoms with Gasteiger partial charge in [-0.2, -0.15) is 5.26 Å². The van der Waals surface area contributed by atoms with Crippen LogP contribution >= 0.6 is 23.1 Å². The third-order valence-corrected chi connectivity index (χ3v) is 6.08. The number of carbonyl (C=O) groups is 1. The average Bonchev–Trinajstić information content (AvgIpc) is 3.39. The maximum absolute atomic E-state index is 12.3. The van der Waals surface area contributed by atoms with Gasteiger partial charge >= 0.3 is 0 Å². The zero-order chi connectivity index (χ0) is 21.3. The van der Waals surface area contributed by atoms with Gasteiger partial charge in [0.05, 0.1) is 17.9 Å². The summed E-state index contributed by atoms with van der Waals surface area (Å²) in [5.74, 6) is 1.60. The quantitative estimate of drug-likeness (QED) is 0.359. The number of hydrogen-bond donors (Lipinski definition) is 1. The van der Waals surface area contributed by atoms with E-state index in [1.54, 1.807) is 11.4 Å². The molecule has 0 saturated heterocycles. The normalized spacial score (nSPS) is 10.6. The van der Waals surface area contributed by atoms with Crippen molar-refractivity contribution >= 4 is 34.0 Å². The number of thioether (sulfide) groups is 1. The lowest BCUT2D eigenvalue weighted by molar-refractivity contribution is -0.113. The molecule has 2 aromatic heterocycles. The molecule has 3 aromatic rings. The van der Waals surface area contributed by atoms with Crippen LogP contribution in [0.15, 0.2) is 40.9 Å². The third-order valence-electron chi connectivity index (χ3n) is 4.28. The maximum atomic E-state index is 12.3. The Hall–Kier alpha value is -2.83. The van der Waals surface area contributed by atoms with Gasteiger partial charge in [0.25, 0.3) is 0 Å². The fourth-order valence-electron chi connectivity index (χ4n) is 2.72. The summed E-state index contributed by atoms with van der Waals surface area (Å²) < 4.78 is 7.70. The van der Waals surface area contributed by atoms with Crippen molar-refractivity contribution in [3.63, 3.8) is 0 Å². The molecule has 0 saturated carbocycles. The molecule has 2 heterocycles. The Labute approximate surface area is 184 Å². The van der Waals surface area contributed by atoms with Crippen molar-refractivity contribution in [1.29, 1.82) is 5.26 Å². The number of nitriles is 1. The fraction of sp³-hybridized carbons (Fsp3) is 0.333. The summed E-state index contributed by atoms with van der Waals surface area (Å²) >= 11 is 2.65. The highest BCUT2D eigenvalue weighted by Gasteiger charge is 2.15. The minimum atomic E-state index is -0.181. The van der Waals surface area contributed by atoms with E-state index in [-0.39, 0.29) is 11.7 Å². The van der Waals surface area contributed by atoms with Gasteiger partial charge in [0.15, 0.2) is 11.0 Å². The molecule has 156 valence electrons. The van der Waals surface area contributed by atoms with E-state index in [9.17, 15) is 4.79 Å². The number of rotatable bonds is 10. The molecule has 7 nitrogen and oxygen atoms in total. The van der Waals surface area contributed by atoms with Crippen LogP contribution in [0.3, 0.4) is 0 Å². The molecule has 0 fully saturated rings. The molecule has 3 rings (SSSR count). The first-order valence-corrected chi connectivity index (χ1v) is 11.6. The summed E-state index contributed by atoms with van der Waals surface area (Å²) in [5, 5.41) is 23.4. The smallest absolute Gasteiger partial charge is 0.235 e. The van der Waals surface area contributed by atoms with Crippen molar-refractivity contribution in [2.24, 2.45) is 0 Å². The van der Waals surface area contributed by atoms with Crippen molar-refractivity contribution < 1.29 is 9.53 Å². The summed E-state index contributed by atoms with van der Waals surface area (Å²) in [6.45, 7) is 5.55. The standard InChI is InChI=1S/C21H23N5O2S2/c1-3-5-11-28-17-8-6-15(7-9-17)19-24-25-21(26(19)4-2)30-14-18(27)23-20-16(13-22)10-12-29-20/h6-10,12H,3-5,11,14H2,1-2H3,(H,23,27). The van der Waals surface area contributed by atoms with Gasteiger partial charge in [0.1, 0.15) is 16.8 Å². The van der Waals surface area contributed by atoms with Crippen molar-refractivity contribution in [3.8, 4) is 23.2 Å². The van der Waals surface area contributed by atoms with Crippen LogP contribution < -0.4 is 10.1 Å². The SMILES string of the molecule is CCCCOc1ccc(-c2nnc(SCC(=O)Nc3sccc3C#N)n2CC)cc1. The Balaban J connectivity index is 1.64. The van der Waals surface area contributed by atoms with Gasteiger partial charge < -0.3 is 14.6 Å². The zero-order valence-electron chi connectivity index (χ0n) is 16.9. The molecule has 1 N–H and O–H groups in total. The number of anilines is 1. The number of benzene rings is 1. The highest BCUT2D eigenvalue weighted by molar-refractivity contribution is 7.99. The molecule has 0 atom stereocenters. The largest absolute Gasteiger partial charge is 0.494 e.